The highest BCUT2D eigenvalue weighted by Gasteiger charge is 2.07. The molecule has 0 saturated heterocycles. The van der Waals surface area contributed by atoms with Crippen molar-refractivity contribution in [2.75, 3.05) is 0 Å². The molecule has 3 aromatic rings. The Morgan fingerprint density at radius 3 is 3.06 bits per heavy atom. The molecule has 3 rings (SSSR count). The van der Waals surface area contributed by atoms with Gasteiger partial charge in [0.05, 0.1) is 5.52 Å². The summed E-state index contributed by atoms with van der Waals surface area (Å²) in [6.45, 7) is 2.10. The van der Waals surface area contributed by atoms with E-state index in [4.69, 9.17) is 4.42 Å². The number of hydrogen-bond donors (Lipinski definition) is 1. The van der Waals surface area contributed by atoms with Gasteiger partial charge in [-0.05, 0) is 35.7 Å². The van der Waals surface area contributed by atoms with Crippen molar-refractivity contribution in [3.63, 3.8) is 0 Å². The minimum absolute atomic E-state index is 0.427. The molecule has 2 heterocycles. The zero-order chi connectivity index (χ0) is 12.5. The van der Waals surface area contributed by atoms with Gasteiger partial charge in [0.2, 0.25) is 0 Å². The van der Waals surface area contributed by atoms with E-state index < -0.39 is 5.76 Å². The van der Waals surface area contributed by atoms with Gasteiger partial charge in [-0.3, -0.25) is 9.97 Å². The van der Waals surface area contributed by atoms with Crippen molar-refractivity contribution < 1.29 is 4.42 Å². The second-order valence-corrected chi connectivity index (χ2v) is 4.11. The molecule has 0 aliphatic rings. The first kappa shape index (κ1) is 10.8. The molecule has 18 heavy (non-hydrogen) atoms. The molecule has 2 aromatic heterocycles. The van der Waals surface area contributed by atoms with E-state index in [1.807, 2.05) is 30.5 Å². The van der Waals surface area contributed by atoms with Gasteiger partial charge in [0.1, 0.15) is 0 Å². The standard InChI is InChI=1S/C14H12N2O2/c1-2-9-5-6-15-8-11(9)10-3-4-12-13(7-10)18-14(17)16-12/h3-8H,2H2,1H3,(H,16,17). The highest BCUT2D eigenvalue weighted by Crippen LogP contribution is 2.25. The van der Waals surface area contributed by atoms with Crippen LogP contribution in [-0.2, 0) is 6.42 Å². The molecule has 0 amide bonds. The third kappa shape index (κ3) is 1.72. The molecule has 0 atom stereocenters. The van der Waals surface area contributed by atoms with Crippen molar-refractivity contribution in [1.82, 2.24) is 9.97 Å². The number of oxazole rings is 1. The summed E-state index contributed by atoms with van der Waals surface area (Å²) in [4.78, 5) is 17.9. The number of aromatic nitrogens is 2. The van der Waals surface area contributed by atoms with Gasteiger partial charge in [0.15, 0.2) is 5.58 Å². The maximum atomic E-state index is 11.1. The molecular weight excluding hydrogens is 228 g/mol. The first-order valence-corrected chi connectivity index (χ1v) is 5.84. The number of aromatic amines is 1. The van der Waals surface area contributed by atoms with Crippen molar-refractivity contribution >= 4 is 11.1 Å². The topological polar surface area (TPSA) is 58.9 Å². The Labute approximate surface area is 103 Å². The molecule has 90 valence electrons. The number of nitrogens with one attached hydrogen (secondary N) is 1. The summed E-state index contributed by atoms with van der Waals surface area (Å²) in [5.74, 6) is -0.427. The maximum absolute atomic E-state index is 11.1. The third-order valence-corrected chi connectivity index (χ3v) is 3.02. The van der Waals surface area contributed by atoms with Crippen LogP contribution in [0, 0.1) is 0 Å². The van der Waals surface area contributed by atoms with Crippen molar-refractivity contribution in [2.45, 2.75) is 13.3 Å². The smallest absolute Gasteiger partial charge is 0.408 e. The fraction of sp³-hybridized carbons (Fsp3) is 0.143. The predicted molar refractivity (Wildman–Crippen MR) is 69.4 cm³/mol. The highest BCUT2D eigenvalue weighted by molar-refractivity contribution is 5.80. The second-order valence-electron chi connectivity index (χ2n) is 4.11. The second kappa shape index (κ2) is 4.14. The van der Waals surface area contributed by atoms with Crippen LogP contribution in [0.2, 0.25) is 0 Å². The van der Waals surface area contributed by atoms with Crippen molar-refractivity contribution in [1.29, 1.82) is 0 Å². The van der Waals surface area contributed by atoms with Gasteiger partial charge < -0.3 is 4.42 Å². The summed E-state index contributed by atoms with van der Waals surface area (Å²) in [6.07, 6.45) is 4.56. The van der Waals surface area contributed by atoms with Gasteiger partial charge in [-0.25, -0.2) is 4.79 Å². The molecule has 4 heteroatoms. The number of rotatable bonds is 2. The summed E-state index contributed by atoms with van der Waals surface area (Å²) in [5.41, 5.74) is 4.59. The van der Waals surface area contributed by atoms with Crippen LogP contribution in [0.1, 0.15) is 12.5 Å². The number of nitrogens with zero attached hydrogens (tertiary/aromatic N) is 1. The quantitative estimate of drug-likeness (QED) is 0.749. The lowest BCUT2D eigenvalue weighted by atomic mass is 10.0. The molecule has 1 aromatic carbocycles. The van der Waals surface area contributed by atoms with E-state index in [0.29, 0.717) is 11.1 Å². The van der Waals surface area contributed by atoms with Gasteiger partial charge in [-0.1, -0.05) is 13.0 Å². The molecule has 0 aliphatic carbocycles. The van der Waals surface area contributed by atoms with Crippen LogP contribution in [0.25, 0.3) is 22.2 Å². The summed E-state index contributed by atoms with van der Waals surface area (Å²) >= 11 is 0. The summed E-state index contributed by atoms with van der Waals surface area (Å²) in [5, 5.41) is 0. The number of H-pyrrole nitrogens is 1. The lowest BCUT2D eigenvalue weighted by molar-refractivity contribution is 0.555. The summed E-state index contributed by atoms with van der Waals surface area (Å²) in [7, 11) is 0. The van der Waals surface area contributed by atoms with Crippen molar-refractivity contribution in [2.24, 2.45) is 0 Å². The molecular formula is C14H12N2O2. The van der Waals surface area contributed by atoms with Gasteiger partial charge in [0, 0.05) is 18.0 Å². The molecule has 0 saturated carbocycles. The molecule has 0 bridgehead atoms. The molecule has 0 spiro atoms. The first-order chi connectivity index (χ1) is 8.78. The lowest BCUT2D eigenvalue weighted by Gasteiger charge is -2.06. The van der Waals surface area contributed by atoms with Crippen LogP contribution >= 0.6 is 0 Å². The van der Waals surface area contributed by atoms with Crippen LogP contribution in [0.15, 0.2) is 45.9 Å². The molecule has 0 radical (unpaired) electrons. The number of fused-ring (bicyclic) bond motifs is 1. The van der Waals surface area contributed by atoms with Crippen LogP contribution < -0.4 is 5.76 Å². The number of benzene rings is 1. The van der Waals surface area contributed by atoms with Gasteiger partial charge >= 0.3 is 5.76 Å². The van der Waals surface area contributed by atoms with E-state index in [-0.39, 0.29) is 0 Å². The zero-order valence-electron chi connectivity index (χ0n) is 9.93. The van der Waals surface area contributed by atoms with E-state index in [0.717, 1.165) is 17.5 Å². The van der Waals surface area contributed by atoms with E-state index in [1.165, 1.54) is 5.56 Å². The zero-order valence-corrected chi connectivity index (χ0v) is 9.93. The molecule has 0 aliphatic heterocycles. The first-order valence-electron chi connectivity index (χ1n) is 5.84. The SMILES string of the molecule is CCc1ccncc1-c1ccc2[nH]c(=O)oc2c1. The van der Waals surface area contributed by atoms with Crippen LogP contribution in [-0.4, -0.2) is 9.97 Å². The summed E-state index contributed by atoms with van der Waals surface area (Å²) < 4.78 is 5.07. The predicted octanol–water partition coefficient (Wildman–Crippen LogP) is 2.75. The maximum Gasteiger partial charge on any atom is 0.417 e. The molecule has 0 unspecified atom stereocenters. The highest BCUT2D eigenvalue weighted by atomic mass is 16.4. The fourth-order valence-corrected chi connectivity index (χ4v) is 2.10. The fourth-order valence-electron chi connectivity index (χ4n) is 2.10. The normalized spacial score (nSPS) is 10.9. The number of pyridine rings is 1. The average Bonchev–Trinajstić information content (AvgIpc) is 2.77. The molecule has 0 fully saturated rings. The van der Waals surface area contributed by atoms with E-state index in [2.05, 4.69) is 16.9 Å². The van der Waals surface area contributed by atoms with E-state index in [9.17, 15) is 4.79 Å². The van der Waals surface area contributed by atoms with Crippen LogP contribution in [0.5, 0.6) is 0 Å². The Morgan fingerprint density at radius 2 is 2.22 bits per heavy atom. The van der Waals surface area contributed by atoms with Crippen molar-refractivity contribution in [3.8, 4) is 11.1 Å². The van der Waals surface area contributed by atoms with Crippen LogP contribution in [0.4, 0.5) is 0 Å². The van der Waals surface area contributed by atoms with E-state index in [1.54, 1.807) is 6.20 Å². The van der Waals surface area contributed by atoms with E-state index >= 15 is 0 Å². The Morgan fingerprint density at radius 1 is 1.33 bits per heavy atom. The van der Waals surface area contributed by atoms with Gasteiger partial charge in [-0.2, -0.15) is 0 Å². The van der Waals surface area contributed by atoms with Crippen molar-refractivity contribution in [3.05, 3.63) is 52.8 Å². The monoisotopic (exact) mass is 240 g/mol. The average molecular weight is 240 g/mol. The van der Waals surface area contributed by atoms with Gasteiger partial charge in [0.25, 0.3) is 0 Å². The molecule has 4 nitrogen and oxygen atoms in total. The number of aryl methyl sites for hydroxylation is 1. The Bertz CT molecular complexity index is 756. The van der Waals surface area contributed by atoms with Crippen LogP contribution in [0.3, 0.4) is 0 Å². The Hall–Kier alpha value is -2.36. The summed E-state index contributed by atoms with van der Waals surface area (Å²) in [6, 6.07) is 7.68. The van der Waals surface area contributed by atoms with Gasteiger partial charge in [-0.15, -0.1) is 0 Å². The lowest BCUT2D eigenvalue weighted by Crippen LogP contribution is -1.92. The third-order valence-electron chi connectivity index (χ3n) is 3.02. The Balaban J connectivity index is 2.21. The molecule has 1 N–H and O–H groups in total. The largest absolute Gasteiger partial charge is 0.417 e. The minimum Gasteiger partial charge on any atom is -0.408 e. The minimum atomic E-state index is -0.427. The number of hydrogen-bond acceptors (Lipinski definition) is 3. The Kier molecular flexibility index (Phi) is 2.48.